The lowest BCUT2D eigenvalue weighted by molar-refractivity contribution is -0.108. The van der Waals surface area contributed by atoms with Crippen LogP contribution in [0.25, 0.3) is 0 Å². The van der Waals surface area contributed by atoms with Gasteiger partial charge in [0.15, 0.2) is 0 Å². The molecule has 1 aromatic rings. The van der Waals surface area contributed by atoms with E-state index in [4.69, 9.17) is 0 Å². The van der Waals surface area contributed by atoms with Crippen molar-refractivity contribution in [2.24, 2.45) is 0 Å². The van der Waals surface area contributed by atoms with E-state index in [1.54, 1.807) is 11.3 Å². The highest BCUT2D eigenvalue weighted by Crippen LogP contribution is 2.30. The molecule has 1 atom stereocenters. The van der Waals surface area contributed by atoms with Crippen molar-refractivity contribution in [2.75, 3.05) is 0 Å². The summed E-state index contributed by atoms with van der Waals surface area (Å²) in [6.45, 7) is 3.94. The van der Waals surface area contributed by atoms with Gasteiger partial charge in [0.1, 0.15) is 6.29 Å². The average molecular weight is 233 g/mol. The van der Waals surface area contributed by atoms with E-state index in [9.17, 15) is 4.79 Å². The smallest absolute Gasteiger partial charge is 0.127 e. The molecule has 1 nitrogen and oxygen atoms in total. The molecule has 11 heavy (non-hydrogen) atoms. The highest BCUT2D eigenvalue weighted by Gasteiger charge is 2.08. The first-order chi connectivity index (χ1) is 5.15. The summed E-state index contributed by atoms with van der Waals surface area (Å²) < 4.78 is 1.10. The van der Waals surface area contributed by atoms with Crippen LogP contribution in [0.2, 0.25) is 0 Å². The highest BCUT2D eigenvalue weighted by molar-refractivity contribution is 9.10. The molecule has 3 heteroatoms. The van der Waals surface area contributed by atoms with Crippen LogP contribution in [0.3, 0.4) is 0 Å². The summed E-state index contributed by atoms with van der Waals surface area (Å²) in [5, 5.41) is 0. The third kappa shape index (κ3) is 1.91. The minimum Gasteiger partial charge on any atom is -0.303 e. The summed E-state index contributed by atoms with van der Waals surface area (Å²) in [4.78, 5) is 12.8. The van der Waals surface area contributed by atoms with Gasteiger partial charge in [-0.15, -0.1) is 11.3 Å². The van der Waals surface area contributed by atoms with Crippen LogP contribution in [0.1, 0.15) is 22.6 Å². The lowest BCUT2D eigenvalue weighted by atomic mass is 10.2. The Morgan fingerprint density at radius 3 is 2.73 bits per heavy atom. The predicted molar refractivity (Wildman–Crippen MR) is 51.2 cm³/mol. The fourth-order valence-corrected chi connectivity index (χ4v) is 2.34. The zero-order valence-electron chi connectivity index (χ0n) is 6.43. The normalized spacial score (nSPS) is 13.0. The van der Waals surface area contributed by atoms with Crippen LogP contribution in [0.15, 0.2) is 10.5 Å². The Balaban J connectivity index is 2.96. The molecule has 0 saturated carbocycles. The van der Waals surface area contributed by atoms with Crippen LogP contribution in [0, 0.1) is 6.92 Å². The lowest BCUT2D eigenvalue weighted by Crippen LogP contribution is -1.88. The van der Waals surface area contributed by atoms with Gasteiger partial charge in [0.2, 0.25) is 0 Å². The molecule has 0 N–H and O–H groups in total. The predicted octanol–water partition coefficient (Wildman–Crippen LogP) is 3.12. The molecule has 0 aliphatic carbocycles. The van der Waals surface area contributed by atoms with E-state index in [1.807, 2.05) is 19.9 Å². The number of aryl methyl sites for hydroxylation is 1. The van der Waals surface area contributed by atoms with E-state index in [0.29, 0.717) is 0 Å². The van der Waals surface area contributed by atoms with Crippen LogP contribution in [-0.4, -0.2) is 6.29 Å². The molecule has 0 bridgehead atoms. The van der Waals surface area contributed by atoms with Crippen molar-refractivity contribution in [2.45, 2.75) is 19.8 Å². The topological polar surface area (TPSA) is 17.1 Å². The van der Waals surface area contributed by atoms with Crippen LogP contribution >= 0.6 is 27.3 Å². The van der Waals surface area contributed by atoms with Crippen LogP contribution in [-0.2, 0) is 4.79 Å². The van der Waals surface area contributed by atoms with Gasteiger partial charge in [0.25, 0.3) is 0 Å². The van der Waals surface area contributed by atoms with E-state index in [-0.39, 0.29) is 5.92 Å². The summed E-state index contributed by atoms with van der Waals surface area (Å²) in [7, 11) is 0. The number of thiophene rings is 1. The summed E-state index contributed by atoms with van der Waals surface area (Å²) in [5.41, 5.74) is 0. The van der Waals surface area contributed by atoms with Crippen molar-refractivity contribution >= 4 is 33.6 Å². The Hall–Kier alpha value is -0.150. The molecule has 1 aromatic heterocycles. The third-order valence-electron chi connectivity index (χ3n) is 1.53. The Labute approximate surface area is 78.6 Å². The second-order valence-electron chi connectivity index (χ2n) is 2.48. The molecular formula is C8H9BrOS. The van der Waals surface area contributed by atoms with E-state index in [2.05, 4.69) is 15.9 Å². The van der Waals surface area contributed by atoms with Gasteiger partial charge in [-0.25, -0.2) is 0 Å². The van der Waals surface area contributed by atoms with Crippen molar-refractivity contribution in [3.63, 3.8) is 0 Å². The first kappa shape index (κ1) is 8.94. The molecular weight excluding hydrogens is 224 g/mol. The molecule has 0 fully saturated rings. The van der Waals surface area contributed by atoms with Gasteiger partial charge in [0, 0.05) is 20.1 Å². The molecule has 0 aromatic carbocycles. The maximum absolute atomic E-state index is 10.4. The van der Waals surface area contributed by atoms with Gasteiger partial charge in [-0.05, 0) is 28.9 Å². The summed E-state index contributed by atoms with van der Waals surface area (Å²) in [6, 6.07) is 2.01. The highest BCUT2D eigenvalue weighted by atomic mass is 79.9. The molecule has 1 heterocycles. The second kappa shape index (κ2) is 3.50. The van der Waals surface area contributed by atoms with Crippen LogP contribution in [0.4, 0.5) is 0 Å². The zero-order valence-corrected chi connectivity index (χ0v) is 8.83. The largest absolute Gasteiger partial charge is 0.303 e. The number of aldehydes is 1. The molecule has 0 spiro atoms. The molecule has 60 valence electrons. The minimum atomic E-state index is 0.0324. The Morgan fingerprint density at radius 2 is 2.36 bits per heavy atom. The average Bonchev–Trinajstić information content (AvgIpc) is 2.31. The molecule has 1 rings (SSSR count). The summed E-state index contributed by atoms with van der Waals surface area (Å²) in [6.07, 6.45) is 0.970. The van der Waals surface area contributed by atoms with Gasteiger partial charge < -0.3 is 4.79 Å². The zero-order chi connectivity index (χ0) is 8.43. The Kier molecular flexibility index (Phi) is 2.84. The summed E-state index contributed by atoms with van der Waals surface area (Å²) in [5.74, 6) is 0.0324. The van der Waals surface area contributed by atoms with Gasteiger partial charge in [-0.3, -0.25) is 0 Å². The molecule has 0 aliphatic heterocycles. The maximum Gasteiger partial charge on any atom is 0.127 e. The van der Waals surface area contributed by atoms with E-state index in [0.717, 1.165) is 15.6 Å². The molecule has 0 radical (unpaired) electrons. The minimum absolute atomic E-state index is 0.0324. The number of hydrogen-bond acceptors (Lipinski definition) is 2. The first-order valence-corrected chi connectivity index (χ1v) is 4.97. The van der Waals surface area contributed by atoms with Crippen molar-refractivity contribution in [1.29, 1.82) is 0 Å². The number of halogens is 1. The number of carbonyl (C=O) groups excluding carboxylic acids is 1. The maximum atomic E-state index is 10.4. The van der Waals surface area contributed by atoms with Crippen molar-refractivity contribution in [1.82, 2.24) is 0 Å². The Bertz CT molecular complexity index is 248. The van der Waals surface area contributed by atoms with Crippen molar-refractivity contribution in [3.8, 4) is 0 Å². The van der Waals surface area contributed by atoms with E-state index in [1.165, 1.54) is 4.88 Å². The van der Waals surface area contributed by atoms with Crippen molar-refractivity contribution in [3.05, 3.63) is 20.3 Å². The monoisotopic (exact) mass is 232 g/mol. The lowest BCUT2D eigenvalue weighted by Gasteiger charge is -1.95. The van der Waals surface area contributed by atoms with Crippen LogP contribution in [0.5, 0.6) is 0 Å². The van der Waals surface area contributed by atoms with Crippen molar-refractivity contribution < 1.29 is 4.79 Å². The van der Waals surface area contributed by atoms with Crippen LogP contribution < -0.4 is 0 Å². The van der Waals surface area contributed by atoms with Gasteiger partial charge >= 0.3 is 0 Å². The first-order valence-electron chi connectivity index (χ1n) is 3.36. The third-order valence-corrected chi connectivity index (χ3v) is 3.87. The number of rotatable bonds is 2. The number of carbonyl (C=O) groups is 1. The fraction of sp³-hybridized carbons (Fsp3) is 0.375. The fourth-order valence-electron chi connectivity index (χ4n) is 0.773. The van der Waals surface area contributed by atoms with Gasteiger partial charge in [-0.2, -0.15) is 0 Å². The van der Waals surface area contributed by atoms with Gasteiger partial charge in [-0.1, -0.05) is 6.92 Å². The molecule has 1 unspecified atom stereocenters. The summed E-state index contributed by atoms with van der Waals surface area (Å²) >= 11 is 5.08. The molecule has 0 saturated heterocycles. The van der Waals surface area contributed by atoms with Gasteiger partial charge in [0.05, 0.1) is 0 Å². The van der Waals surface area contributed by atoms with E-state index >= 15 is 0 Å². The standard InChI is InChI=1S/C8H9BrOS/c1-5(4-10)8-3-7(9)6(2)11-8/h3-5H,1-2H3. The number of hydrogen-bond donors (Lipinski definition) is 0. The Morgan fingerprint density at radius 1 is 1.73 bits per heavy atom. The molecule has 0 amide bonds. The second-order valence-corrected chi connectivity index (χ2v) is 4.62. The SMILES string of the molecule is Cc1sc(C(C)C=O)cc1Br. The molecule has 0 aliphatic rings. The quantitative estimate of drug-likeness (QED) is 0.717. The van der Waals surface area contributed by atoms with E-state index < -0.39 is 0 Å².